The number of aromatic nitrogens is 2. The lowest BCUT2D eigenvalue weighted by atomic mass is 9.83. The van der Waals surface area contributed by atoms with Crippen LogP contribution in [0.5, 0.6) is 0 Å². The minimum atomic E-state index is -0.627. The number of nitrogens with one attached hydrogen (secondary N) is 1. The molecule has 1 aromatic heterocycles. The molecule has 0 amide bonds. The zero-order valence-electron chi connectivity index (χ0n) is 11.2. The summed E-state index contributed by atoms with van der Waals surface area (Å²) in [4.78, 5) is 8.43. The van der Waals surface area contributed by atoms with Gasteiger partial charge >= 0.3 is 0 Å². The molecule has 0 spiro atoms. The van der Waals surface area contributed by atoms with Crippen LogP contribution in [0.1, 0.15) is 38.2 Å². The molecular weight excluding hydrogens is 260 g/mol. The van der Waals surface area contributed by atoms with E-state index < -0.39 is 5.60 Å². The van der Waals surface area contributed by atoms with Crippen LogP contribution >= 0.6 is 11.8 Å². The Morgan fingerprint density at radius 2 is 2.42 bits per heavy atom. The number of nitriles is 1. The summed E-state index contributed by atoms with van der Waals surface area (Å²) < 4.78 is 0. The smallest absolute Gasteiger partial charge is 0.189 e. The Labute approximate surface area is 117 Å². The van der Waals surface area contributed by atoms with Crippen molar-refractivity contribution in [3.05, 3.63) is 11.8 Å². The first kappa shape index (κ1) is 14.1. The van der Waals surface area contributed by atoms with Crippen LogP contribution in [-0.4, -0.2) is 33.0 Å². The molecule has 2 atom stereocenters. The third-order valence-corrected chi connectivity index (χ3v) is 3.93. The highest BCUT2D eigenvalue weighted by atomic mass is 32.2. The third-order valence-electron chi connectivity index (χ3n) is 3.36. The molecule has 19 heavy (non-hydrogen) atoms. The van der Waals surface area contributed by atoms with Gasteiger partial charge in [-0.15, -0.1) is 0 Å². The van der Waals surface area contributed by atoms with Crippen LogP contribution in [0.3, 0.4) is 0 Å². The SMILES string of the molecule is CSc1ncc(C#N)c(N[C@H]2CCC[C@@](C)(O)C2)n1. The number of hydrogen-bond donors (Lipinski definition) is 2. The molecule has 1 aliphatic carbocycles. The fourth-order valence-corrected chi connectivity index (χ4v) is 2.78. The van der Waals surface area contributed by atoms with Gasteiger partial charge in [-0.25, -0.2) is 9.97 Å². The number of thioether (sulfide) groups is 1. The molecule has 1 saturated carbocycles. The van der Waals surface area contributed by atoms with Gasteiger partial charge in [0.05, 0.1) is 11.8 Å². The normalized spacial score (nSPS) is 26.7. The molecule has 6 heteroatoms. The van der Waals surface area contributed by atoms with Crippen molar-refractivity contribution in [2.24, 2.45) is 0 Å². The van der Waals surface area contributed by atoms with Gasteiger partial charge in [-0.3, -0.25) is 0 Å². The summed E-state index contributed by atoms with van der Waals surface area (Å²) in [5.41, 5.74) is -0.180. The Hall–Kier alpha value is -1.32. The van der Waals surface area contributed by atoms with Crippen LogP contribution in [0.2, 0.25) is 0 Å². The van der Waals surface area contributed by atoms with E-state index in [9.17, 15) is 5.11 Å². The van der Waals surface area contributed by atoms with E-state index in [0.717, 1.165) is 19.3 Å². The highest BCUT2D eigenvalue weighted by Crippen LogP contribution is 2.30. The van der Waals surface area contributed by atoms with Crippen molar-refractivity contribution in [3.63, 3.8) is 0 Å². The number of aliphatic hydroxyl groups is 1. The minimum Gasteiger partial charge on any atom is -0.390 e. The van der Waals surface area contributed by atoms with Crippen LogP contribution < -0.4 is 5.32 Å². The average Bonchev–Trinajstić information content (AvgIpc) is 2.37. The zero-order valence-corrected chi connectivity index (χ0v) is 12.0. The zero-order chi connectivity index (χ0) is 13.9. The van der Waals surface area contributed by atoms with Crippen LogP contribution in [0, 0.1) is 11.3 Å². The molecule has 2 rings (SSSR count). The van der Waals surface area contributed by atoms with E-state index in [1.54, 1.807) is 6.20 Å². The molecule has 5 nitrogen and oxygen atoms in total. The summed E-state index contributed by atoms with van der Waals surface area (Å²) in [6.07, 6.45) is 6.91. The average molecular weight is 278 g/mol. The molecule has 0 aromatic carbocycles. The molecule has 0 unspecified atom stereocenters. The van der Waals surface area contributed by atoms with E-state index in [1.807, 2.05) is 13.2 Å². The standard InChI is InChI=1S/C13H18N4OS/c1-13(18)5-3-4-10(6-13)16-11-9(7-14)8-15-12(17-11)19-2/h8,10,18H,3-6H2,1-2H3,(H,15,16,17)/t10-,13+/m0/s1. The second-order valence-electron chi connectivity index (χ2n) is 5.17. The monoisotopic (exact) mass is 278 g/mol. The molecule has 0 bridgehead atoms. The molecule has 0 radical (unpaired) electrons. The Morgan fingerprint density at radius 3 is 3.05 bits per heavy atom. The number of nitrogens with zero attached hydrogens (tertiary/aromatic N) is 3. The molecule has 2 N–H and O–H groups in total. The van der Waals surface area contributed by atoms with E-state index >= 15 is 0 Å². The van der Waals surface area contributed by atoms with Gasteiger partial charge in [-0.1, -0.05) is 11.8 Å². The van der Waals surface area contributed by atoms with E-state index in [1.165, 1.54) is 11.8 Å². The summed E-state index contributed by atoms with van der Waals surface area (Å²) >= 11 is 1.44. The Kier molecular flexibility index (Phi) is 4.27. The van der Waals surface area contributed by atoms with Gasteiger partial charge in [0.15, 0.2) is 5.16 Å². The molecule has 1 aliphatic rings. The van der Waals surface area contributed by atoms with Gasteiger partial charge < -0.3 is 10.4 Å². The molecule has 1 fully saturated rings. The largest absolute Gasteiger partial charge is 0.390 e. The van der Waals surface area contributed by atoms with Gasteiger partial charge in [-0.2, -0.15) is 5.26 Å². The molecule has 0 aliphatic heterocycles. The van der Waals surface area contributed by atoms with E-state index in [4.69, 9.17) is 5.26 Å². The maximum atomic E-state index is 10.1. The summed E-state index contributed by atoms with van der Waals surface area (Å²) in [5, 5.41) is 23.1. The Bertz CT molecular complexity index is 498. The van der Waals surface area contributed by atoms with Crippen molar-refractivity contribution in [2.75, 3.05) is 11.6 Å². The highest BCUT2D eigenvalue weighted by Gasteiger charge is 2.30. The van der Waals surface area contributed by atoms with E-state index in [-0.39, 0.29) is 6.04 Å². The van der Waals surface area contributed by atoms with Crippen molar-refractivity contribution >= 4 is 17.6 Å². The number of anilines is 1. The first-order valence-electron chi connectivity index (χ1n) is 6.34. The fraction of sp³-hybridized carbons (Fsp3) is 0.615. The molecule has 0 saturated heterocycles. The lowest BCUT2D eigenvalue weighted by molar-refractivity contribution is 0.0182. The van der Waals surface area contributed by atoms with Gasteiger partial charge in [0, 0.05) is 6.04 Å². The van der Waals surface area contributed by atoms with Crippen molar-refractivity contribution in [1.82, 2.24) is 9.97 Å². The number of rotatable bonds is 3. The van der Waals surface area contributed by atoms with E-state index in [0.29, 0.717) is 23.0 Å². The Balaban J connectivity index is 2.16. The van der Waals surface area contributed by atoms with Gasteiger partial charge in [0.2, 0.25) is 0 Å². The number of hydrogen-bond acceptors (Lipinski definition) is 6. The van der Waals surface area contributed by atoms with Crippen molar-refractivity contribution in [2.45, 2.75) is 49.4 Å². The molecular formula is C13H18N4OS. The summed E-state index contributed by atoms with van der Waals surface area (Å²) in [5.74, 6) is 0.574. The van der Waals surface area contributed by atoms with Crippen molar-refractivity contribution in [1.29, 1.82) is 5.26 Å². The summed E-state index contributed by atoms with van der Waals surface area (Å²) in [6, 6.07) is 2.25. The summed E-state index contributed by atoms with van der Waals surface area (Å²) in [7, 11) is 0. The fourth-order valence-electron chi connectivity index (χ4n) is 2.44. The van der Waals surface area contributed by atoms with Crippen molar-refractivity contribution in [3.8, 4) is 6.07 Å². The van der Waals surface area contributed by atoms with Gasteiger partial charge in [0.25, 0.3) is 0 Å². The maximum absolute atomic E-state index is 10.1. The molecule has 1 aromatic rings. The maximum Gasteiger partial charge on any atom is 0.189 e. The predicted octanol–water partition coefficient (Wildman–Crippen LogP) is 2.18. The van der Waals surface area contributed by atoms with Gasteiger partial charge in [-0.05, 0) is 38.9 Å². The van der Waals surface area contributed by atoms with Crippen LogP contribution in [0.4, 0.5) is 5.82 Å². The van der Waals surface area contributed by atoms with Crippen LogP contribution in [0.15, 0.2) is 11.4 Å². The quantitative estimate of drug-likeness (QED) is 0.651. The first-order valence-corrected chi connectivity index (χ1v) is 7.56. The molecule has 102 valence electrons. The van der Waals surface area contributed by atoms with Crippen molar-refractivity contribution < 1.29 is 5.11 Å². The molecule has 1 heterocycles. The van der Waals surface area contributed by atoms with E-state index in [2.05, 4.69) is 21.4 Å². The Morgan fingerprint density at radius 1 is 1.63 bits per heavy atom. The summed E-state index contributed by atoms with van der Waals surface area (Å²) in [6.45, 7) is 1.86. The predicted molar refractivity (Wildman–Crippen MR) is 75.0 cm³/mol. The lowest BCUT2D eigenvalue weighted by Crippen LogP contribution is -2.38. The van der Waals surface area contributed by atoms with Crippen LogP contribution in [-0.2, 0) is 0 Å². The third kappa shape index (κ3) is 3.58. The minimum absolute atomic E-state index is 0.153. The second kappa shape index (κ2) is 5.76. The topological polar surface area (TPSA) is 81.8 Å². The lowest BCUT2D eigenvalue weighted by Gasteiger charge is -2.34. The highest BCUT2D eigenvalue weighted by molar-refractivity contribution is 7.98. The van der Waals surface area contributed by atoms with Crippen LogP contribution in [0.25, 0.3) is 0 Å². The first-order chi connectivity index (χ1) is 9.04. The second-order valence-corrected chi connectivity index (χ2v) is 5.94. The van der Waals surface area contributed by atoms with Gasteiger partial charge in [0.1, 0.15) is 17.5 Å².